The Hall–Kier alpha value is -1.56. The average molecular weight is 256 g/mol. The van der Waals surface area contributed by atoms with E-state index in [2.05, 4.69) is 5.32 Å². The summed E-state index contributed by atoms with van der Waals surface area (Å²) in [6.07, 6.45) is 0. The van der Waals surface area contributed by atoms with Crippen LogP contribution in [-0.2, 0) is 14.6 Å². The lowest BCUT2D eigenvalue weighted by molar-refractivity contribution is -0.113. The number of hydrogen-bond acceptors (Lipinski definition) is 4. The Kier molecular flexibility index (Phi) is 4.11. The van der Waals surface area contributed by atoms with Crippen molar-refractivity contribution in [2.24, 2.45) is 0 Å². The van der Waals surface area contributed by atoms with E-state index in [9.17, 15) is 13.2 Å². The lowest BCUT2D eigenvalue weighted by Crippen LogP contribution is -2.24. The molecule has 6 heteroatoms. The first-order valence-corrected chi connectivity index (χ1v) is 7.03. The van der Waals surface area contributed by atoms with Crippen LogP contribution in [0.3, 0.4) is 0 Å². The van der Waals surface area contributed by atoms with Crippen molar-refractivity contribution < 1.29 is 13.2 Å². The quantitative estimate of drug-likeness (QED) is 0.785. The van der Waals surface area contributed by atoms with Crippen LogP contribution >= 0.6 is 0 Å². The maximum absolute atomic E-state index is 11.5. The molecule has 0 heterocycles. The molecular formula is C11H16N2O3S. The molecular weight excluding hydrogens is 240 g/mol. The first-order valence-electron chi connectivity index (χ1n) is 5.21. The molecule has 0 bridgehead atoms. The monoisotopic (exact) mass is 256 g/mol. The van der Waals surface area contributed by atoms with Crippen molar-refractivity contribution in [1.82, 2.24) is 0 Å². The number of carbonyl (C=O) groups excluding carboxylic acids is 1. The zero-order valence-corrected chi connectivity index (χ0v) is 10.7. The minimum Gasteiger partial charge on any atom is -0.397 e. The van der Waals surface area contributed by atoms with Crippen LogP contribution in [0.2, 0.25) is 0 Å². The molecule has 17 heavy (non-hydrogen) atoms. The van der Waals surface area contributed by atoms with Gasteiger partial charge in [-0.15, -0.1) is 0 Å². The van der Waals surface area contributed by atoms with Crippen molar-refractivity contribution in [3.05, 3.63) is 23.8 Å². The number of nitrogens with one attached hydrogen (secondary N) is 1. The maximum atomic E-state index is 11.5. The van der Waals surface area contributed by atoms with Gasteiger partial charge in [0.1, 0.15) is 5.75 Å². The van der Waals surface area contributed by atoms with Gasteiger partial charge in [0.25, 0.3) is 0 Å². The zero-order chi connectivity index (χ0) is 13.1. The fraction of sp³-hybridized carbons (Fsp3) is 0.364. The van der Waals surface area contributed by atoms with E-state index in [4.69, 9.17) is 5.73 Å². The molecule has 0 aliphatic rings. The summed E-state index contributed by atoms with van der Waals surface area (Å²) in [6, 6.07) is 5.21. The summed E-state index contributed by atoms with van der Waals surface area (Å²) in [4.78, 5) is 11.5. The second-order valence-electron chi connectivity index (χ2n) is 3.76. The predicted molar refractivity (Wildman–Crippen MR) is 68.5 cm³/mol. The van der Waals surface area contributed by atoms with Gasteiger partial charge in [0.05, 0.1) is 11.4 Å². The lowest BCUT2D eigenvalue weighted by atomic mass is 10.1. The highest BCUT2D eigenvalue weighted by Crippen LogP contribution is 2.22. The highest BCUT2D eigenvalue weighted by atomic mass is 32.2. The Bertz CT molecular complexity index is 503. The van der Waals surface area contributed by atoms with Gasteiger partial charge in [-0.05, 0) is 18.6 Å². The Morgan fingerprint density at radius 2 is 2.06 bits per heavy atom. The summed E-state index contributed by atoms with van der Waals surface area (Å²) in [6.45, 7) is 3.30. The van der Waals surface area contributed by atoms with E-state index in [1.807, 2.05) is 0 Å². The van der Waals surface area contributed by atoms with Crippen LogP contribution < -0.4 is 11.1 Å². The molecule has 0 radical (unpaired) electrons. The molecule has 3 N–H and O–H groups in total. The number of amides is 1. The SMILES string of the molecule is CCS(=O)(=O)CC(=O)Nc1c(C)cccc1N. The second kappa shape index (κ2) is 5.18. The van der Waals surface area contributed by atoms with E-state index in [0.29, 0.717) is 11.4 Å². The molecule has 0 fully saturated rings. The predicted octanol–water partition coefficient (Wildman–Crippen LogP) is 0.950. The third-order valence-corrected chi connectivity index (χ3v) is 3.94. The summed E-state index contributed by atoms with van der Waals surface area (Å²) in [5.74, 6) is -1.13. The molecule has 0 spiro atoms. The fourth-order valence-corrected chi connectivity index (χ4v) is 2.01. The summed E-state index contributed by atoms with van der Waals surface area (Å²) in [7, 11) is -3.32. The van der Waals surface area contributed by atoms with Crippen LogP contribution in [-0.4, -0.2) is 25.8 Å². The van der Waals surface area contributed by atoms with E-state index < -0.39 is 21.5 Å². The maximum Gasteiger partial charge on any atom is 0.239 e. The number of nitrogens with two attached hydrogens (primary N) is 1. The molecule has 0 unspecified atom stereocenters. The van der Waals surface area contributed by atoms with Crippen LogP contribution in [0.5, 0.6) is 0 Å². The van der Waals surface area contributed by atoms with Crippen LogP contribution in [0.15, 0.2) is 18.2 Å². The van der Waals surface area contributed by atoms with Gasteiger partial charge in [-0.1, -0.05) is 19.1 Å². The molecule has 1 aromatic carbocycles. The molecule has 0 aromatic heterocycles. The number of anilines is 2. The fourth-order valence-electron chi connectivity index (χ4n) is 1.34. The largest absolute Gasteiger partial charge is 0.397 e. The Morgan fingerprint density at radius 3 is 2.59 bits per heavy atom. The van der Waals surface area contributed by atoms with Crippen molar-refractivity contribution in [3.8, 4) is 0 Å². The van der Waals surface area contributed by atoms with Crippen LogP contribution in [0.25, 0.3) is 0 Å². The van der Waals surface area contributed by atoms with Crippen molar-refractivity contribution in [1.29, 1.82) is 0 Å². The summed E-state index contributed by atoms with van der Waals surface area (Å²) in [5.41, 5.74) is 7.40. The minimum atomic E-state index is -3.32. The standard InChI is InChI=1S/C11H16N2O3S/c1-3-17(15,16)7-10(14)13-11-8(2)5-4-6-9(11)12/h4-6H,3,7,12H2,1-2H3,(H,13,14). The van der Waals surface area contributed by atoms with Crippen LogP contribution in [0.4, 0.5) is 11.4 Å². The molecule has 0 aliphatic carbocycles. The van der Waals surface area contributed by atoms with Crippen molar-refractivity contribution in [2.45, 2.75) is 13.8 Å². The van der Waals surface area contributed by atoms with E-state index >= 15 is 0 Å². The number of aryl methyl sites for hydroxylation is 1. The van der Waals surface area contributed by atoms with Crippen LogP contribution in [0, 0.1) is 6.92 Å². The van der Waals surface area contributed by atoms with E-state index in [-0.39, 0.29) is 5.75 Å². The second-order valence-corrected chi connectivity index (χ2v) is 6.12. The number of rotatable bonds is 4. The van der Waals surface area contributed by atoms with E-state index in [1.165, 1.54) is 6.92 Å². The highest BCUT2D eigenvalue weighted by Gasteiger charge is 2.15. The summed E-state index contributed by atoms with van der Waals surface area (Å²) >= 11 is 0. The van der Waals surface area contributed by atoms with Crippen molar-refractivity contribution in [3.63, 3.8) is 0 Å². The summed E-state index contributed by atoms with van der Waals surface area (Å²) in [5, 5.41) is 2.53. The van der Waals surface area contributed by atoms with Gasteiger partial charge in [-0.25, -0.2) is 8.42 Å². The van der Waals surface area contributed by atoms with E-state index in [0.717, 1.165) is 5.56 Å². The first kappa shape index (κ1) is 13.5. The highest BCUT2D eigenvalue weighted by molar-refractivity contribution is 7.92. The number of hydrogen-bond donors (Lipinski definition) is 2. The Morgan fingerprint density at radius 1 is 1.41 bits per heavy atom. The van der Waals surface area contributed by atoms with Gasteiger partial charge >= 0.3 is 0 Å². The topological polar surface area (TPSA) is 89.3 Å². The number of carbonyl (C=O) groups is 1. The normalized spacial score (nSPS) is 11.2. The first-order chi connectivity index (χ1) is 7.85. The van der Waals surface area contributed by atoms with Gasteiger partial charge in [0, 0.05) is 5.75 Å². The summed E-state index contributed by atoms with van der Waals surface area (Å²) < 4.78 is 22.6. The molecule has 0 aliphatic heterocycles. The minimum absolute atomic E-state index is 0.0519. The number of sulfone groups is 1. The molecule has 1 aromatic rings. The third kappa shape index (κ3) is 3.74. The molecule has 0 saturated heterocycles. The van der Waals surface area contributed by atoms with Gasteiger partial charge in [0.15, 0.2) is 9.84 Å². The molecule has 1 rings (SSSR count). The van der Waals surface area contributed by atoms with Crippen LogP contribution in [0.1, 0.15) is 12.5 Å². The van der Waals surface area contributed by atoms with Crippen molar-refractivity contribution >= 4 is 27.1 Å². The lowest BCUT2D eigenvalue weighted by Gasteiger charge is -2.10. The molecule has 1 amide bonds. The number of nitrogen functional groups attached to an aromatic ring is 1. The molecule has 5 nitrogen and oxygen atoms in total. The Balaban J connectivity index is 2.83. The number of benzene rings is 1. The van der Waals surface area contributed by atoms with Gasteiger partial charge in [0.2, 0.25) is 5.91 Å². The molecule has 94 valence electrons. The molecule has 0 atom stereocenters. The van der Waals surface area contributed by atoms with Gasteiger partial charge in [-0.3, -0.25) is 4.79 Å². The number of para-hydroxylation sites is 1. The average Bonchev–Trinajstić information content (AvgIpc) is 2.23. The molecule has 0 saturated carbocycles. The Labute approximate surface area is 101 Å². The van der Waals surface area contributed by atoms with Gasteiger partial charge in [-0.2, -0.15) is 0 Å². The van der Waals surface area contributed by atoms with E-state index in [1.54, 1.807) is 25.1 Å². The third-order valence-electron chi connectivity index (χ3n) is 2.36. The zero-order valence-electron chi connectivity index (χ0n) is 9.86. The smallest absolute Gasteiger partial charge is 0.239 e. The van der Waals surface area contributed by atoms with Crippen molar-refractivity contribution in [2.75, 3.05) is 22.6 Å². The van der Waals surface area contributed by atoms with Gasteiger partial charge < -0.3 is 11.1 Å².